The molecule has 1 heterocycles. The van der Waals surface area contributed by atoms with Gasteiger partial charge in [0.1, 0.15) is 10.9 Å². The third-order valence-electron chi connectivity index (χ3n) is 2.29. The number of Topliss-reactive ketones (excluding diaryl/α,β-unsaturated/α-hetero) is 1. The molecule has 1 aliphatic heterocycles. The zero-order valence-electron chi connectivity index (χ0n) is 8.19. The number of rotatable bonds is 1. The Morgan fingerprint density at radius 1 is 1.29 bits per heavy atom. The molecule has 74 valence electrons. The molecule has 0 saturated carbocycles. The fraction of sp³-hybridized carbons (Fsp3) is 0.364. The van der Waals surface area contributed by atoms with Gasteiger partial charge in [-0.25, -0.2) is 0 Å². The van der Waals surface area contributed by atoms with Gasteiger partial charge in [0.05, 0.1) is 0 Å². The van der Waals surface area contributed by atoms with Crippen LogP contribution < -0.4 is 0 Å². The molecular weight excluding hydrogens is 196 g/mol. The van der Waals surface area contributed by atoms with Crippen LogP contribution in [-0.2, 0) is 8.98 Å². The van der Waals surface area contributed by atoms with E-state index in [0.717, 1.165) is 5.56 Å². The topological polar surface area (TPSA) is 26.3 Å². The molecule has 1 aliphatic rings. The van der Waals surface area contributed by atoms with Crippen molar-refractivity contribution in [3.8, 4) is 0 Å². The van der Waals surface area contributed by atoms with E-state index in [1.54, 1.807) is 0 Å². The monoisotopic (exact) mass is 208 g/mol. The summed E-state index contributed by atoms with van der Waals surface area (Å²) in [5.41, 5.74) is 0.374. The molecule has 2 nitrogen and oxygen atoms in total. The molecule has 2 rings (SSSR count). The molecule has 0 aromatic heterocycles. The summed E-state index contributed by atoms with van der Waals surface area (Å²) in [4.78, 5) is 11.9. The van der Waals surface area contributed by atoms with E-state index in [4.69, 9.17) is 4.18 Å². The smallest absolute Gasteiger partial charge is 0.185 e. The summed E-state index contributed by atoms with van der Waals surface area (Å²) in [5, 5.41) is -0.161. The van der Waals surface area contributed by atoms with E-state index < -0.39 is 5.60 Å². The van der Waals surface area contributed by atoms with Crippen molar-refractivity contribution in [2.24, 2.45) is 0 Å². The first-order valence-corrected chi connectivity index (χ1v) is 5.35. The van der Waals surface area contributed by atoms with Gasteiger partial charge in [-0.05, 0) is 19.4 Å². The molecule has 1 fully saturated rings. The van der Waals surface area contributed by atoms with Gasteiger partial charge in [-0.15, -0.1) is 0 Å². The molecule has 0 aliphatic carbocycles. The number of hydrogen-bond acceptors (Lipinski definition) is 3. The zero-order valence-corrected chi connectivity index (χ0v) is 9.01. The fourth-order valence-corrected chi connectivity index (χ4v) is 2.46. The first-order chi connectivity index (χ1) is 6.61. The van der Waals surface area contributed by atoms with Crippen LogP contribution in [0.1, 0.15) is 24.7 Å². The largest absolute Gasteiger partial charge is 0.300 e. The molecule has 0 radical (unpaired) electrons. The summed E-state index contributed by atoms with van der Waals surface area (Å²) in [7, 11) is 0. The number of carbonyl (C=O) groups excluding carboxylic acids is 1. The molecule has 1 aromatic rings. The van der Waals surface area contributed by atoms with Crippen LogP contribution in [-0.4, -0.2) is 11.4 Å². The molecule has 0 spiro atoms. The minimum absolute atomic E-state index is 0.147. The lowest BCUT2D eigenvalue weighted by Crippen LogP contribution is -2.29. The van der Waals surface area contributed by atoms with E-state index in [-0.39, 0.29) is 11.0 Å². The molecule has 1 unspecified atom stereocenters. The van der Waals surface area contributed by atoms with Crippen molar-refractivity contribution in [1.29, 1.82) is 0 Å². The Labute approximate surface area is 87.9 Å². The Bertz CT molecular complexity index is 346. The second kappa shape index (κ2) is 3.41. The summed E-state index contributed by atoms with van der Waals surface area (Å²) in [6.45, 7) is 3.62. The van der Waals surface area contributed by atoms with E-state index in [1.807, 2.05) is 44.2 Å². The molecular formula is C11H12O2S. The van der Waals surface area contributed by atoms with Crippen LogP contribution in [0.25, 0.3) is 0 Å². The van der Waals surface area contributed by atoms with Crippen LogP contribution in [0.2, 0.25) is 0 Å². The Kier molecular flexibility index (Phi) is 2.37. The van der Waals surface area contributed by atoms with Crippen LogP contribution in [0.5, 0.6) is 0 Å². The maximum Gasteiger partial charge on any atom is 0.185 e. The molecule has 0 N–H and O–H groups in total. The Morgan fingerprint density at radius 2 is 1.93 bits per heavy atom. The number of carbonyl (C=O) groups is 1. The van der Waals surface area contributed by atoms with Crippen molar-refractivity contribution in [3.63, 3.8) is 0 Å². The second-order valence-corrected chi connectivity index (χ2v) is 4.68. The molecule has 14 heavy (non-hydrogen) atoms. The van der Waals surface area contributed by atoms with Gasteiger partial charge in [0.15, 0.2) is 5.78 Å². The van der Waals surface area contributed by atoms with E-state index in [2.05, 4.69) is 0 Å². The molecule has 0 amide bonds. The Morgan fingerprint density at radius 3 is 2.43 bits per heavy atom. The lowest BCUT2D eigenvalue weighted by atomic mass is 9.97. The van der Waals surface area contributed by atoms with Gasteiger partial charge in [0.2, 0.25) is 0 Å². The zero-order chi connectivity index (χ0) is 10.2. The van der Waals surface area contributed by atoms with Crippen molar-refractivity contribution in [1.82, 2.24) is 0 Å². The lowest BCUT2D eigenvalue weighted by Gasteiger charge is -2.12. The SMILES string of the molecule is CC1(C)OSC(c2ccccc2)C1=O. The predicted molar refractivity (Wildman–Crippen MR) is 56.9 cm³/mol. The van der Waals surface area contributed by atoms with Gasteiger partial charge in [-0.3, -0.25) is 4.79 Å². The van der Waals surface area contributed by atoms with Crippen LogP contribution in [0, 0.1) is 0 Å². The van der Waals surface area contributed by atoms with Gasteiger partial charge in [-0.2, -0.15) is 0 Å². The van der Waals surface area contributed by atoms with E-state index in [9.17, 15) is 4.79 Å². The Hall–Kier alpha value is -0.800. The third-order valence-corrected chi connectivity index (χ3v) is 3.48. The highest BCUT2D eigenvalue weighted by Gasteiger charge is 2.43. The fourth-order valence-electron chi connectivity index (χ4n) is 1.40. The number of hydrogen-bond donors (Lipinski definition) is 0. The first-order valence-electron chi connectivity index (χ1n) is 4.55. The third kappa shape index (κ3) is 1.57. The van der Waals surface area contributed by atoms with Gasteiger partial charge in [0.25, 0.3) is 0 Å². The summed E-state index contributed by atoms with van der Waals surface area (Å²) in [5.74, 6) is 0.147. The normalized spacial score (nSPS) is 25.3. The average Bonchev–Trinajstić information content (AvgIpc) is 2.44. The van der Waals surface area contributed by atoms with Crippen LogP contribution in [0.4, 0.5) is 0 Å². The van der Waals surface area contributed by atoms with E-state index in [0.29, 0.717) is 0 Å². The van der Waals surface area contributed by atoms with Crippen LogP contribution in [0.3, 0.4) is 0 Å². The predicted octanol–water partition coefficient (Wildman–Crippen LogP) is 2.75. The number of benzene rings is 1. The minimum Gasteiger partial charge on any atom is -0.300 e. The van der Waals surface area contributed by atoms with Gasteiger partial charge in [-0.1, -0.05) is 30.3 Å². The van der Waals surface area contributed by atoms with Crippen molar-refractivity contribution in [3.05, 3.63) is 35.9 Å². The van der Waals surface area contributed by atoms with Crippen LogP contribution in [0.15, 0.2) is 30.3 Å². The summed E-state index contributed by atoms with van der Waals surface area (Å²) < 4.78 is 5.39. The van der Waals surface area contributed by atoms with Gasteiger partial charge < -0.3 is 4.18 Å². The van der Waals surface area contributed by atoms with E-state index in [1.165, 1.54) is 12.0 Å². The van der Waals surface area contributed by atoms with Gasteiger partial charge >= 0.3 is 0 Å². The molecule has 1 aromatic carbocycles. The van der Waals surface area contributed by atoms with Crippen molar-refractivity contribution in [2.75, 3.05) is 0 Å². The highest BCUT2D eigenvalue weighted by atomic mass is 32.2. The summed E-state index contributed by atoms with van der Waals surface area (Å²) >= 11 is 1.26. The van der Waals surface area contributed by atoms with Crippen molar-refractivity contribution >= 4 is 17.8 Å². The van der Waals surface area contributed by atoms with Gasteiger partial charge in [0, 0.05) is 12.0 Å². The average molecular weight is 208 g/mol. The lowest BCUT2D eigenvalue weighted by molar-refractivity contribution is -0.127. The molecule has 0 bridgehead atoms. The van der Waals surface area contributed by atoms with Crippen molar-refractivity contribution < 1.29 is 8.98 Å². The second-order valence-electron chi connectivity index (χ2n) is 3.84. The molecule has 1 saturated heterocycles. The highest BCUT2D eigenvalue weighted by Crippen LogP contribution is 2.44. The summed E-state index contributed by atoms with van der Waals surface area (Å²) in [6.07, 6.45) is 0. The molecule has 3 heteroatoms. The highest BCUT2D eigenvalue weighted by molar-refractivity contribution is 7.96. The van der Waals surface area contributed by atoms with Crippen LogP contribution >= 0.6 is 12.0 Å². The molecule has 1 atom stereocenters. The Balaban J connectivity index is 2.27. The minimum atomic E-state index is -0.648. The van der Waals surface area contributed by atoms with E-state index >= 15 is 0 Å². The van der Waals surface area contributed by atoms with Crippen molar-refractivity contribution in [2.45, 2.75) is 24.7 Å². The summed E-state index contributed by atoms with van der Waals surface area (Å²) in [6, 6.07) is 9.74. The quantitative estimate of drug-likeness (QED) is 0.664. The maximum atomic E-state index is 11.9. The standard InChI is InChI=1S/C11H12O2S/c1-11(2)10(12)9(14-13-11)8-6-4-3-5-7-8/h3-7,9H,1-2H3. The first kappa shape index (κ1) is 9.74. The number of ketones is 1. The maximum absolute atomic E-state index is 11.9.